The summed E-state index contributed by atoms with van der Waals surface area (Å²) in [4.78, 5) is 15.3. The van der Waals surface area contributed by atoms with Gasteiger partial charge in [0.2, 0.25) is 5.91 Å². The molecule has 1 amide bonds. The summed E-state index contributed by atoms with van der Waals surface area (Å²) in [5.41, 5.74) is 6.65. The number of hydrogen-bond acceptors (Lipinski definition) is 2. The van der Waals surface area contributed by atoms with E-state index in [1.807, 2.05) is 12.1 Å². The quantitative estimate of drug-likeness (QED) is 0.910. The Morgan fingerprint density at radius 1 is 1.38 bits per heavy atom. The van der Waals surface area contributed by atoms with E-state index >= 15 is 0 Å². The minimum absolute atomic E-state index is 0.298. The number of amides is 1. The lowest BCUT2D eigenvalue weighted by Crippen LogP contribution is -2.44. The molecule has 3 nitrogen and oxygen atoms in total. The summed E-state index contributed by atoms with van der Waals surface area (Å²) in [5, 5.41) is 0. The Balaban J connectivity index is 1.89. The summed E-state index contributed by atoms with van der Waals surface area (Å²) in [6.07, 6.45) is 5.30. The van der Waals surface area contributed by atoms with Crippen molar-refractivity contribution in [3.63, 3.8) is 0 Å². The molecule has 0 spiro atoms. The average molecular weight is 351 g/mol. The summed E-state index contributed by atoms with van der Waals surface area (Å²) in [6, 6.07) is 8.31. The van der Waals surface area contributed by atoms with Gasteiger partial charge in [-0.05, 0) is 49.4 Å². The van der Waals surface area contributed by atoms with Gasteiger partial charge in [-0.3, -0.25) is 4.79 Å². The van der Waals surface area contributed by atoms with Gasteiger partial charge in [0.25, 0.3) is 0 Å². The van der Waals surface area contributed by atoms with Crippen molar-refractivity contribution in [1.29, 1.82) is 0 Å². The number of carbonyl (C=O) groups excluding carboxylic acids is 1. The smallest absolute Gasteiger partial charge is 0.233 e. The average Bonchev–Trinajstić information content (AvgIpc) is 3.16. The highest BCUT2D eigenvalue weighted by molar-refractivity contribution is 9.10. The first kappa shape index (κ1) is 15.0. The normalized spacial score (nSPS) is 24.5. The van der Waals surface area contributed by atoms with Crippen molar-refractivity contribution in [3.05, 3.63) is 34.3 Å². The maximum Gasteiger partial charge on any atom is 0.233 e. The van der Waals surface area contributed by atoms with Crippen molar-refractivity contribution in [2.45, 2.75) is 37.5 Å². The van der Waals surface area contributed by atoms with E-state index in [1.54, 1.807) is 0 Å². The fourth-order valence-electron chi connectivity index (χ4n) is 3.90. The molecule has 2 fully saturated rings. The number of benzene rings is 1. The van der Waals surface area contributed by atoms with Crippen LogP contribution in [0.25, 0.3) is 0 Å². The second-order valence-corrected chi connectivity index (χ2v) is 7.36. The van der Waals surface area contributed by atoms with Gasteiger partial charge in [-0.2, -0.15) is 0 Å². The Morgan fingerprint density at radius 2 is 2.14 bits per heavy atom. The van der Waals surface area contributed by atoms with E-state index in [4.69, 9.17) is 5.73 Å². The first-order valence-corrected chi connectivity index (χ1v) is 8.70. The summed E-state index contributed by atoms with van der Waals surface area (Å²) in [5.74, 6) is 0.809. The van der Waals surface area contributed by atoms with Crippen LogP contribution >= 0.6 is 15.9 Å². The van der Waals surface area contributed by atoms with Crippen molar-refractivity contribution in [2.75, 3.05) is 19.6 Å². The fourth-order valence-corrected chi connectivity index (χ4v) is 4.30. The largest absolute Gasteiger partial charge is 0.342 e. The molecular weight excluding hydrogens is 328 g/mol. The Hall–Kier alpha value is -0.870. The van der Waals surface area contributed by atoms with Crippen LogP contribution in [0, 0.1) is 5.92 Å². The molecule has 3 rings (SSSR count). The van der Waals surface area contributed by atoms with E-state index in [0.717, 1.165) is 49.7 Å². The zero-order chi connectivity index (χ0) is 14.9. The number of rotatable bonds is 3. The van der Waals surface area contributed by atoms with Crippen molar-refractivity contribution >= 4 is 21.8 Å². The number of likely N-dealkylation sites (tertiary alicyclic amines) is 1. The molecular formula is C17H23BrN2O. The van der Waals surface area contributed by atoms with Crippen molar-refractivity contribution in [2.24, 2.45) is 11.7 Å². The highest BCUT2D eigenvalue weighted by Crippen LogP contribution is 2.44. The number of carbonyl (C=O) groups is 1. The first-order chi connectivity index (χ1) is 10.2. The van der Waals surface area contributed by atoms with Gasteiger partial charge in [0.05, 0.1) is 5.41 Å². The predicted molar refractivity (Wildman–Crippen MR) is 88.0 cm³/mol. The number of hydrogen-bond donors (Lipinski definition) is 1. The van der Waals surface area contributed by atoms with Crippen LogP contribution < -0.4 is 5.73 Å². The van der Waals surface area contributed by atoms with E-state index in [2.05, 4.69) is 33.0 Å². The molecule has 0 bridgehead atoms. The molecule has 1 unspecified atom stereocenters. The van der Waals surface area contributed by atoms with Crippen LogP contribution in [-0.4, -0.2) is 30.4 Å². The lowest BCUT2D eigenvalue weighted by atomic mass is 9.77. The lowest BCUT2D eigenvalue weighted by Gasteiger charge is -2.33. The number of nitrogens with zero attached hydrogens (tertiary/aromatic N) is 1. The standard InChI is InChI=1S/C17H23BrN2O/c18-15-5-3-4-14(10-15)17(7-1-2-8-17)16(21)20-9-6-13(11-19)12-20/h3-5,10,13H,1-2,6-9,11-12,19H2. The predicted octanol–water partition coefficient (Wildman–Crippen LogP) is 3.07. The molecule has 4 heteroatoms. The van der Waals surface area contributed by atoms with Crippen LogP contribution in [0.4, 0.5) is 0 Å². The maximum atomic E-state index is 13.2. The third-order valence-electron chi connectivity index (χ3n) is 5.15. The van der Waals surface area contributed by atoms with Crippen LogP contribution in [0.5, 0.6) is 0 Å². The zero-order valence-corrected chi connectivity index (χ0v) is 13.9. The fraction of sp³-hybridized carbons (Fsp3) is 0.588. The molecule has 2 aliphatic rings. The molecule has 1 aromatic rings. The Bertz CT molecular complexity index is 525. The van der Waals surface area contributed by atoms with E-state index in [0.29, 0.717) is 18.4 Å². The zero-order valence-electron chi connectivity index (χ0n) is 12.4. The van der Waals surface area contributed by atoms with Gasteiger partial charge in [-0.25, -0.2) is 0 Å². The Labute approximate surface area is 135 Å². The molecule has 114 valence electrons. The van der Waals surface area contributed by atoms with Crippen LogP contribution in [0.1, 0.15) is 37.7 Å². The monoisotopic (exact) mass is 350 g/mol. The molecule has 21 heavy (non-hydrogen) atoms. The molecule has 1 aliphatic heterocycles. The molecule has 1 atom stereocenters. The van der Waals surface area contributed by atoms with Crippen molar-refractivity contribution in [3.8, 4) is 0 Å². The molecule has 1 saturated carbocycles. The van der Waals surface area contributed by atoms with Gasteiger partial charge in [0.1, 0.15) is 0 Å². The highest BCUT2D eigenvalue weighted by atomic mass is 79.9. The van der Waals surface area contributed by atoms with Gasteiger partial charge in [-0.15, -0.1) is 0 Å². The third-order valence-corrected chi connectivity index (χ3v) is 5.64. The lowest BCUT2D eigenvalue weighted by molar-refractivity contribution is -0.136. The highest BCUT2D eigenvalue weighted by Gasteiger charge is 2.46. The van der Waals surface area contributed by atoms with Crippen LogP contribution in [0.15, 0.2) is 28.7 Å². The van der Waals surface area contributed by atoms with Crippen LogP contribution in [0.2, 0.25) is 0 Å². The summed E-state index contributed by atoms with van der Waals surface area (Å²) < 4.78 is 1.06. The molecule has 1 saturated heterocycles. The van der Waals surface area contributed by atoms with Gasteiger partial charge in [0.15, 0.2) is 0 Å². The van der Waals surface area contributed by atoms with E-state index in [-0.39, 0.29) is 5.41 Å². The number of halogens is 1. The SMILES string of the molecule is NCC1CCN(C(=O)C2(c3cccc(Br)c3)CCCC2)C1. The molecule has 1 heterocycles. The molecule has 1 aliphatic carbocycles. The van der Waals surface area contributed by atoms with E-state index < -0.39 is 0 Å². The van der Waals surface area contributed by atoms with Gasteiger partial charge in [0, 0.05) is 17.6 Å². The maximum absolute atomic E-state index is 13.2. The molecule has 1 aromatic carbocycles. The van der Waals surface area contributed by atoms with Crippen LogP contribution in [0.3, 0.4) is 0 Å². The minimum atomic E-state index is -0.298. The third kappa shape index (κ3) is 2.76. The Morgan fingerprint density at radius 3 is 2.76 bits per heavy atom. The molecule has 2 N–H and O–H groups in total. The molecule has 0 radical (unpaired) electrons. The van der Waals surface area contributed by atoms with Gasteiger partial charge >= 0.3 is 0 Å². The summed E-state index contributed by atoms with van der Waals surface area (Å²) in [6.45, 7) is 2.40. The summed E-state index contributed by atoms with van der Waals surface area (Å²) in [7, 11) is 0. The van der Waals surface area contributed by atoms with Crippen molar-refractivity contribution < 1.29 is 4.79 Å². The van der Waals surface area contributed by atoms with Gasteiger partial charge in [-0.1, -0.05) is 40.9 Å². The second kappa shape index (κ2) is 6.09. The van der Waals surface area contributed by atoms with Crippen molar-refractivity contribution in [1.82, 2.24) is 4.90 Å². The summed E-state index contributed by atoms with van der Waals surface area (Å²) >= 11 is 3.55. The molecule has 0 aromatic heterocycles. The Kier molecular flexibility index (Phi) is 4.36. The van der Waals surface area contributed by atoms with Crippen LogP contribution in [-0.2, 0) is 10.2 Å². The van der Waals surface area contributed by atoms with Gasteiger partial charge < -0.3 is 10.6 Å². The number of nitrogens with two attached hydrogens (primary N) is 1. The second-order valence-electron chi connectivity index (χ2n) is 6.44. The van der Waals surface area contributed by atoms with E-state index in [1.165, 1.54) is 5.56 Å². The first-order valence-electron chi connectivity index (χ1n) is 7.91. The minimum Gasteiger partial charge on any atom is -0.342 e. The topological polar surface area (TPSA) is 46.3 Å². The van der Waals surface area contributed by atoms with E-state index in [9.17, 15) is 4.79 Å².